The molecule has 0 bridgehead atoms. The second-order valence-electron chi connectivity index (χ2n) is 6.32. The lowest BCUT2D eigenvalue weighted by Gasteiger charge is -2.35. The first-order valence-electron chi connectivity index (χ1n) is 8.52. The molecule has 0 saturated carbocycles. The highest BCUT2D eigenvalue weighted by molar-refractivity contribution is 7.89. The summed E-state index contributed by atoms with van der Waals surface area (Å²) in [7, 11) is -3.85. The first-order chi connectivity index (χ1) is 12.9. The average Bonchev–Trinajstić information content (AvgIpc) is 3.14. The van der Waals surface area contributed by atoms with Crippen LogP contribution in [-0.4, -0.2) is 43.4 Å². The summed E-state index contributed by atoms with van der Waals surface area (Å²) in [6, 6.07) is 16.3. The standard InChI is InChI=1S/C19H20N2O5S/c22-17(14-20-27(25,26)16-10-5-2-6-11-16)21-13-7-12-19(21,18(23)24)15-8-3-1-4-9-15/h1-6,8-11,20H,7,12-14H2,(H,23,24)/t19-/m1/s1. The summed E-state index contributed by atoms with van der Waals surface area (Å²) in [4.78, 5) is 26.2. The lowest BCUT2D eigenvalue weighted by Crippen LogP contribution is -2.53. The van der Waals surface area contributed by atoms with Crippen LogP contribution in [0, 0.1) is 0 Å². The Hall–Kier alpha value is -2.71. The first-order valence-corrected chi connectivity index (χ1v) is 10.0. The lowest BCUT2D eigenvalue weighted by atomic mass is 9.87. The maximum Gasteiger partial charge on any atom is 0.334 e. The van der Waals surface area contributed by atoms with Gasteiger partial charge in [-0.15, -0.1) is 0 Å². The van der Waals surface area contributed by atoms with Crippen LogP contribution in [0.2, 0.25) is 0 Å². The van der Waals surface area contributed by atoms with E-state index < -0.39 is 34.0 Å². The number of carbonyl (C=O) groups is 2. The van der Waals surface area contributed by atoms with Gasteiger partial charge in [0.25, 0.3) is 0 Å². The summed E-state index contributed by atoms with van der Waals surface area (Å²) < 4.78 is 26.9. The third-order valence-electron chi connectivity index (χ3n) is 4.75. The molecule has 7 nitrogen and oxygen atoms in total. The summed E-state index contributed by atoms with van der Waals surface area (Å²) in [5, 5.41) is 9.91. The number of carboxylic acid groups (broad SMARTS) is 1. The van der Waals surface area contributed by atoms with Gasteiger partial charge in [-0.1, -0.05) is 48.5 Å². The first kappa shape index (κ1) is 19.1. The molecule has 1 atom stereocenters. The molecule has 3 rings (SSSR count). The van der Waals surface area contributed by atoms with E-state index in [2.05, 4.69) is 4.72 Å². The molecule has 1 amide bonds. The molecule has 0 unspecified atom stereocenters. The minimum atomic E-state index is -3.85. The predicted molar refractivity (Wildman–Crippen MR) is 98.3 cm³/mol. The molecule has 0 radical (unpaired) electrons. The molecule has 1 aliphatic heterocycles. The van der Waals surface area contributed by atoms with Gasteiger partial charge < -0.3 is 10.0 Å². The van der Waals surface area contributed by atoms with E-state index in [0.717, 1.165) is 0 Å². The molecular formula is C19H20N2O5S. The molecule has 27 heavy (non-hydrogen) atoms. The van der Waals surface area contributed by atoms with Crippen LogP contribution in [0.15, 0.2) is 65.6 Å². The van der Waals surface area contributed by atoms with E-state index in [9.17, 15) is 23.1 Å². The monoisotopic (exact) mass is 388 g/mol. The van der Waals surface area contributed by atoms with Gasteiger partial charge >= 0.3 is 5.97 Å². The Balaban J connectivity index is 1.82. The highest BCUT2D eigenvalue weighted by Gasteiger charge is 2.51. The minimum absolute atomic E-state index is 0.0479. The summed E-state index contributed by atoms with van der Waals surface area (Å²) in [6.45, 7) is -0.244. The predicted octanol–water partition coefficient (Wildman–Crippen LogP) is 1.57. The number of hydrogen-bond acceptors (Lipinski definition) is 4. The number of nitrogens with one attached hydrogen (secondary N) is 1. The number of aliphatic carboxylic acids is 1. The van der Waals surface area contributed by atoms with E-state index in [1.165, 1.54) is 17.0 Å². The van der Waals surface area contributed by atoms with Crippen molar-refractivity contribution < 1.29 is 23.1 Å². The summed E-state index contributed by atoms with van der Waals surface area (Å²) in [5.74, 6) is -1.69. The molecule has 1 saturated heterocycles. The van der Waals surface area contributed by atoms with E-state index in [1.54, 1.807) is 48.5 Å². The number of rotatable bonds is 6. The van der Waals surface area contributed by atoms with Crippen molar-refractivity contribution in [3.63, 3.8) is 0 Å². The Morgan fingerprint density at radius 2 is 1.63 bits per heavy atom. The molecule has 142 valence electrons. The Kier molecular flexibility index (Phi) is 5.29. The second kappa shape index (κ2) is 7.50. The average molecular weight is 388 g/mol. The van der Waals surface area contributed by atoms with Crippen molar-refractivity contribution in [1.29, 1.82) is 0 Å². The van der Waals surface area contributed by atoms with Crippen molar-refractivity contribution in [2.75, 3.05) is 13.1 Å². The van der Waals surface area contributed by atoms with E-state index in [0.29, 0.717) is 12.0 Å². The third-order valence-corrected chi connectivity index (χ3v) is 6.17. The molecule has 1 aliphatic rings. The van der Waals surface area contributed by atoms with Crippen LogP contribution in [0.3, 0.4) is 0 Å². The van der Waals surface area contributed by atoms with Gasteiger partial charge in [0.1, 0.15) is 0 Å². The fourth-order valence-corrected chi connectivity index (χ4v) is 4.45. The molecule has 0 aromatic heterocycles. The van der Waals surface area contributed by atoms with Crippen LogP contribution in [0.25, 0.3) is 0 Å². The van der Waals surface area contributed by atoms with Crippen LogP contribution in [0.5, 0.6) is 0 Å². The highest BCUT2D eigenvalue weighted by Crippen LogP contribution is 2.39. The van der Waals surface area contributed by atoms with Crippen molar-refractivity contribution in [2.24, 2.45) is 0 Å². The third kappa shape index (κ3) is 3.58. The van der Waals surface area contributed by atoms with E-state index in [4.69, 9.17) is 0 Å². The maximum atomic E-state index is 12.8. The molecule has 1 heterocycles. The molecule has 8 heteroatoms. The lowest BCUT2D eigenvalue weighted by molar-refractivity contribution is -0.157. The number of hydrogen-bond donors (Lipinski definition) is 2. The molecule has 1 fully saturated rings. The van der Waals surface area contributed by atoms with Gasteiger partial charge in [0, 0.05) is 6.54 Å². The number of nitrogens with zero attached hydrogens (tertiary/aromatic N) is 1. The summed E-state index contributed by atoms with van der Waals surface area (Å²) >= 11 is 0. The summed E-state index contributed by atoms with van der Waals surface area (Å²) in [5.41, 5.74) is -0.967. The molecule has 0 spiro atoms. The number of benzene rings is 2. The highest BCUT2D eigenvalue weighted by atomic mass is 32.2. The molecule has 0 aliphatic carbocycles. The zero-order chi connectivity index (χ0) is 19.5. The number of likely N-dealkylation sites (tertiary alicyclic amines) is 1. The Morgan fingerprint density at radius 3 is 2.22 bits per heavy atom. The van der Waals surface area contributed by atoms with Crippen molar-refractivity contribution in [3.05, 3.63) is 66.2 Å². The van der Waals surface area contributed by atoms with Crippen molar-refractivity contribution in [1.82, 2.24) is 9.62 Å². The Morgan fingerprint density at radius 1 is 1.04 bits per heavy atom. The van der Waals surface area contributed by atoms with Gasteiger partial charge in [-0.3, -0.25) is 4.79 Å². The fraction of sp³-hybridized carbons (Fsp3) is 0.263. The van der Waals surface area contributed by atoms with Crippen molar-refractivity contribution in [2.45, 2.75) is 23.3 Å². The molecule has 2 aromatic rings. The van der Waals surface area contributed by atoms with Crippen molar-refractivity contribution in [3.8, 4) is 0 Å². The van der Waals surface area contributed by atoms with Crippen LogP contribution in [0.4, 0.5) is 0 Å². The SMILES string of the molecule is O=C(CNS(=O)(=O)c1ccccc1)N1CCC[C@]1(C(=O)O)c1ccccc1. The second-order valence-corrected chi connectivity index (χ2v) is 8.08. The topological polar surface area (TPSA) is 104 Å². The van der Waals surface area contributed by atoms with Gasteiger partial charge in [-0.25, -0.2) is 17.9 Å². The molecular weight excluding hydrogens is 368 g/mol. The Labute approximate surface area is 157 Å². The molecule has 2 N–H and O–H groups in total. The van der Waals surface area contributed by atoms with Crippen LogP contribution in [0.1, 0.15) is 18.4 Å². The van der Waals surface area contributed by atoms with E-state index in [1.807, 2.05) is 0 Å². The van der Waals surface area contributed by atoms with Crippen LogP contribution in [-0.2, 0) is 25.2 Å². The normalized spacial score (nSPS) is 19.8. The minimum Gasteiger partial charge on any atom is -0.479 e. The van der Waals surface area contributed by atoms with Crippen LogP contribution >= 0.6 is 0 Å². The van der Waals surface area contributed by atoms with Crippen molar-refractivity contribution >= 4 is 21.9 Å². The number of carboxylic acids is 1. The quantitative estimate of drug-likeness (QED) is 0.782. The van der Waals surface area contributed by atoms with E-state index in [-0.39, 0.29) is 17.9 Å². The largest absolute Gasteiger partial charge is 0.479 e. The Bertz CT molecular complexity index is 931. The fourth-order valence-electron chi connectivity index (χ4n) is 3.45. The maximum absolute atomic E-state index is 12.8. The smallest absolute Gasteiger partial charge is 0.334 e. The number of amides is 1. The van der Waals surface area contributed by atoms with Gasteiger partial charge in [-0.2, -0.15) is 0 Å². The van der Waals surface area contributed by atoms with E-state index >= 15 is 0 Å². The van der Waals surface area contributed by atoms with Gasteiger partial charge in [0.05, 0.1) is 11.4 Å². The van der Waals surface area contributed by atoms with Gasteiger partial charge in [0.15, 0.2) is 5.54 Å². The molecule has 2 aromatic carbocycles. The van der Waals surface area contributed by atoms with Crippen LogP contribution < -0.4 is 4.72 Å². The zero-order valence-corrected chi connectivity index (χ0v) is 15.4. The number of carbonyl (C=O) groups excluding carboxylic acids is 1. The van der Waals surface area contributed by atoms with Gasteiger partial charge in [-0.05, 0) is 30.5 Å². The van der Waals surface area contributed by atoms with Gasteiger partial charge in [0.2, 0.25) is 15.9 Å². The summed E-state index contributed by atoms with van der Waals surface area (Å²) in [6.07, 6.45) is 0.807. The zero-order valence-electron chi connectivity index (χ0n) is 14.5. The number of sulfonamides is 1.